The summed E-state index contributed by atoms with van der Waals surface area (Å²) in [7, 11) is -0.802. The minimum absolute atomic E-state index is 0. The fraction of sp³-hybridized carbons (Fsp3) is 0.417. The zero-order valence-electron chi connectivity index (χ0n) is 18.8. The molecule has 1 aliphatic heterocycles. The Hall–Kier alpha value is -0.549. The molecule has 1 heterocycles. The van der Waals surface area contributed by atoms with E-state index in [1.54, 1.807) is 0 Å². The number of hydrogen-bond donors (Lipinski definition) is 0. The van der Waals surface area contributed by atoms with Crippen LogP contribution in [0.1, 0.15) is 44.2 Å². The molecule has 0 fully saturated rings. The summed E-state index contributed by atoms with van der Waals surface area (Å²) >= 11 is -0.158. The van der Waals surface area contributed by atoms with Crippen LogP contribution in [-0.2, 0) is 19.4 Å². The van der Waals surface area contributed by atoms with Crippen molar-refractivity contribution >= 4 is 20.3 Å². The first kappa shape index (κ1) is 25.7. The predicted octanol–water partition coefficient (Wildman–Crippen LogP) is 0.396. The second kappa shape index (κ2) is 9.94. The first-order chi connectivity index (χ1) is 13.3. The maximum absolute atomic E-state index is 2.92. The van der Waals surface area contributed by atoms with Crippen molar-refractivity contribution in [3.63, 3.8) is 0 Å². The minimum atomic E-state index is -0.802. The Kier molecular flexibility index (Phi) is 8.52. The Morgan fingerprint density at radius 1 is 1.03 bits per heavy atom. The zero-order chi connectivity index (χ0) is 20.1. The number of hydrogen-bond acceptors (Lipinski definition) is 2. The van der Waals surface area contributed by atoms with Crippen LogP contribution in [0.3, 0.4) is 0 Å². The van der Waals surface area contributed by atoms with Crippen molar-refractivity contribution in [3.05, 3.63) is 71.4 Å². The number of allylic oxidation sites excluding steroid dienone is 2. The van der Waals surface area contributed by atoms with Gasteiger partial charge in [-0.25, -0.2) is 0 Å². The second-order valence-corrected chi connectivity index (χ2v) is 15.3. The van der Waals surface area contributed by atoms with Gasteiger partial charge in [0.2, 0.25) is 0 Å². The number of nitrogens with zero attached hydrogens (tertiary/aromatic N) is 2. The van der Waals surface area contributed by atoms with E-state index in [4.69, 9.17) is 0 Å². The van der Waals surface area contributed by atoms with E-state index in [1.807, 2.05) is 0 Å². The van der Waals surface area contributed by atoms with Crippen molar-refractivity contribution in [2.24, 2.45) is 0 Å². The molecule has 0 bridgehead atoms. The van der Waals surface area contributed by atoms with E-state index in [2.05, 4.69) is 103 Å². The van der Waals surface area contributed by atoms with Gasteiger partial charge in [-0.2, -0.15) is 0 Å². The normalized spacial score (nSPS) is 19.6. The summed E-state index contributed by atoms with van der Waals surface area (Å²) in [6.45, 7) is 14.4. The van der Waals surface area contributed by atoms with Gasteiger partial charge in [0.25, 0.3) is 0 Å². The molecule has 2 aromatic rings. The van der Waals surface area contributed by atoms with Gasteiger partial charge in [-0.1, -0.05) is 0 Å². The van der Waals surface area contributed by atoms with Crippen LogP contribution >= 0.6 is 0 Å². The average Bonchev–Trinajstić information content (AvgIpc) is 3.15. The first-order valence-corrected chi connectivity index (χ1v) is 14.9. The topological polar surface area (TPSA) is 6.48 Å². The van der Waals surface area contributed by atoms with Gasteiger partial charge in [0, 0.05) is 0 Å². The van der Waals surface area contributed by atoms with Gasteiger partial charge in [0.1, 0.15) is 0 Å². The van der Waals surface area contributed by atoms with Crippen molar-refractivity contribution in [2.75, 3.05) is 4.90 Å². The van der Waals surface area contributed by atoms with Crippen LogP contribution in [0.5, 0.6) is 0 Å². The Bertz CT molecular complexity index is 896. The molecule has 0 saturated carbocycles. The van der Waals surface area contributed by atoms with Crippen LogP contribution in [0, 0.1) is 6.92 Å². The van der Waals surface area contributed by atoms with Crippen molar-refractivity contribution < 1.29 is 44.2 Å². The summed E-state index contributed by atoms with van der Waals surface area (Å²) in [6.07, 6.45) is 3.94. The molecule has 2 aromatic carbocycles. The molecule has 30 heavy (non-hydrogen) atoms. The van der Waals surface area contributed by atoms with Crippen LogP contribution in [0.2, 0.25) is 17.3 Å². The number of halogens is 2. The second-order valence-electron chi connectivity index (χ2n) is 9.48. The van der Waals surface area contributed by atoms with Crippen LogP contribution < -0.4 is 29.7 Å². The maximum atomic E-state index is 2.92. The molecule has 0 radical (unpaired) electrons. The fourth-order valence-electron chi connectivity index (χ4n) is 4.81. The summed E-state index contributed by atoms with van der Waals surface area (Å²) in [5.41, 5.74) is 7.40. The number of rotatable bonds is 4. The molecule has 0 amide bonds. The fourth-order valence-corrected chi connectivity index (χ4v) is 10.9. The van der Waals surface area contributed by atoms with Crippen LogP contribution in [0.15, 0.2) is 60.3 Å². The molecule has 0 spiro atoms. The van der Waals surface area contributed by atoms with Crippen molar-refractivity contribution in [1.29, 1.82) is 0 Å². The maximum Gasteiger partial charge on any atom is -1.00 e. The summed E-state index contributed by atoms with van der Waals surface area (Å²) in [5, 5.41) is 0. The number of fused-ring (bicyclic) bond motifs is 3. The number of para-hydroxylation sites is 1. The van der Waals surface area contributed by atoms with Gasteiger partial charge >= 0.3 is 182 Å². The Morgan fingerprint density at radius 2 is 1.70 bits per heavy atom. The summed E-state index contributed by atoms with van der Waals surface area (Å²) in [6, 6.07) is 18.0. The van der Waals surface area contributed by atoms with E-state index in [-0.39, 0.29) is 44.2 Å². The molecular weight excluding hydrogens is 463 g/mol. The molecule has 6 heteroatoms. The number of anilines is 2. The number of aryl methyl sites for hydroxylation is 1. The molecule has 160 valence electrons. The average molecular weight is 495 g/mol. The van der Waals surface area contributed by atoms with Crippen LogP contribution in [0.4, 0.5) is 11.4 Å². The molecule has 0 aromatic heterocycles. The minimum Gasteiger partial charge on any atom is -1.00 e. The smallest absolute Gasteiger partial charge is 1.00 e. The molecule has 2 aliphatic rings. The summed E-state index contributed by atoms with van der Waals surface area (Å²) < 4.78 is 3.67. The van der Waals surface area contributed by atoms with Gasteiger partial charge in [0.15, 0.2) is 0 Å². The van der Waals surface area contributed by atoms with Gasteiger partial charge < -0.3 is 24.8 Å². The van der Waals surface area contributed by atoms with E-state index in [1.165, 1.54) is 34.6 Å². The van der Waals surface area contributed by atoms with Crippen LogP contribution in [-0.4, -0.2) is 17.5 Å². The SMILES string of the molecule is Cc1ccc2c(c1)N(c1ccccc1)C1=C[CH]([Ti+2][N]([SiH](C)C)C(C)(C)C)CC12.[Cl-].[Cl-]. The third-order valence-corrected chi connectivity index (χ3v) is 13.3. The standard InChI is InChI=1S/C18H16N.C6H16NSi.2ClH.Ti/c1-13-10-11-16-15-8-5-9-17(15)19(18(16)12-13)14-6-3-2-4-7-14;1-6(2,3)7-8(4)5;;;/h2-7,9-12,15H,8H2,1H3;8H,1-5H3;2*1H;/q;-1;;;+3/p-2. The van der Waals surface area contributed by atoms with Crippen LogP contribution in [0.25, 0.3) is 0 Å². The van der Waals surface area contributed by atoms with Crippen molar-refractivity contribution in [3.8, 4) is 0 Å². The van der Waals surface area contributed by atoms with E-state index in [0.717, 1.165) is 4.22 Å². The quantitative estimate of drug-likeness (QED) is 0.567. The Balaban J connectivity index is 0.00000160. The van der Waals surface area contributed by atoms with Crippen molar-refractivity contribution in [2.45, 2.75) is 62.9 Å². The van der Waals surface area contributed by atoms with E-state index in [0.29, 0.717) is 11.5 Å². The zero-order valence-corrected chi connectivity index (χ0v) is 23.0. The first-order valence-electron chi connectivity index (χ1n) is 10.5. The third kappa shape index (κ3) is 4.92. The molecule has 2 nitrogen and oxygen atoms in total. The van der Waals surface area contributed by atoms with E-state index < -0.39 is 8.96 Å². The molecule has 2 unspecified atom stereocenters. The Labute approximate surface area is 205 Å². The van der Waals surface area contributed by atoms with Gasteiger partial charge in [0.05, 0.1) is 0 Å². The molecule has 2 atom stereocenters. The number of benzene rings is 2. The Morgan fingerprint density at radius 3 is 2.30 bits per heavy atom. The molecular formula is C24H32Cl2N2SiTi. The monoisotopic (exact) mass is 494 g/mol. The molecule has 0 N–H and O–H groups in total. The largest absolute Gasteiger partial charge is 1.00 e. The summed E-state index contributed by atoms with van der Waals surface area (Å²) in [5.74, 6) is 0.570. The molecule has 4 rings (SSSR count). The van der Waals surface area contributed by atoms with E-state index >= 15 is 0 Å². The van der Waals surface area contributed by atoms with Crippen molar-refractivity contribution in [1.82, 2.24) is 3.05 Å². The van der Waals surface area contributed by atoms with Gasteiger partial charge in [-0.15, -0.1) is 0 Å². The van der Waals surface area contributed by atoms with Gasteiger partial charge in [-0.3, -0.25) is 0 Å². The predicted molar refractivity (Wildman–Crippen MR) is 119 cm³/mol. The molecule has 1 aliphatic carbocycles. The van der Waals surface area contributed by atoms with E-state index in [9.17, 15) is 0 Å². The third-order valence-electron chi connectivity index (χ3n) is 5.84. The molecule has 0 saturated heterocycles. The summed E-state index contributed by atoms with van der Waals surface area (Å²) in [4.78, 5) is 2.54. The van der Waals surface area contributed by atoms with Gasteiger partial charge in [-0.05, 0) is 0 Å².